The summed E-state index contributed by atoms with van der Waals surface area (Å²) in [5.74, 6) is -0.624. The molecule has 23 heavy (non-hydrogen) atoms. The highest BCUT2D eigenvalue weighted by atomic mass is 32.1. The highest BCUT2D eigenvalue weighted by Gasteiger charge is 2.15. The van der Waals surface area contributed by atoms with Gasteiger partial charge in [0.05, 0.1) is 11.6 Å². The highest BCUT2D eigenvalue weighted by Crippen LogP contribution is 2.22. The van der Waals surface area contributed by atoms with Crippen molar-refractivity contribution in [2.45, 2.75) is 26.8 Å². The Morgan fingerprint density at radius 2 is 1.91 bits per heavy atom. The Morgan fingerprint density at radius 1 is 1.26 bits per heavy atom. The van der Waals surface area contributed by atoms with E-state index >= 15 is 0 Å². The fourth-order valence-corrected chi connectivity index (χ4v) is 2.96. The van der Waals surface area contributed by atoms with Crippen molar-refractivity contribution in [3.05, 3.63) is 51.2 Å². The lowest BCUT2D eigenvalue weighted by molar-refractivity contribution is -0.139. The first-order valence-corrected chi connectivity index (χ1v) is 8.06. The minimum atomic E-state index is -1.02. The largest absolute Gasteiger partial charge is 0.482 e. The van der Waals surface area contributed by atoms with Crippen LogP contribution in [0.1, 0.15) is 39.3 Å². The normalized spacial score (nSPS) is 11.8. The van der Waals surface area contributed by atoms with Gasteiger partial charge in [0.2, 0.25) is 0 Å². The summed E-state index contributed by atoms with van der Waals surface area (Å²) in [5, 5.41) is 13.4. The third-order valence-corrected chi connectivity index (χ3v) is 4.63. The van der Waals surface area contributed by atoms with E-state index in [9.17, 15) is 9.59 Å². The lowest BCUT2D eigenvalue weighted by Gasteiger charge is -2.15. The zero-order valence-corrected chi connectivity index (χ0v) is 14.1. The van der Waals surface area contributed by atoms with E-state index in [1.807, 2.05) is 38.3 Å². The first-order valence-electron chi connectivity index (χ1n) is 7.18. The first kappa shape index (κ1) is 17.0. The molecule has 1 atom stereocenters. The summed E-state index contributed by atoms with van der Waals surface area (Å²) in [4.78, 5) is 23.9. The molecular formula is C17H19NO4S. The van der Waals surface area contributed by atoms with Crippen LogP contribution in [-0.2, 0) is 4.79 Å². The molecule has 0 fully saturated rings. The van der Waals surface area contributed by atoms with Gasteiger partial charge in [-0.05, 0) is 44.0 Å². The quantitative estimate of drug-likeness (QED) is 0.850. The van der Waals surface area contributed by atoms with Crippen LogP contribution in [-0.4, -0.2) is 23.6 Å². The number of carboxylic acids is 1. The molecule has 0 spiro atoms. The minimum Gasteiger partial charge on any atom is -0.482 e. The van der Waals surface area contributed by atoms with Crippen LogP contribution >= 0.6 is 11.3 Å². The van der Waals surface area contributed by atoms with Gasteiger partial charge in [-0.15, -0.1) is 11.3 Å². The van der Waals surface area contributed by atoms with Crippen molar-refractivity contribution in [3.63, 3.8) is 0 Å². The molecule has 0 saturated heterocycles. The minimum absolute atomic E-state index is 0.0921. The summed E-state index contributed by atoms with van der Waals surface area (Å²) in [6, 6.07) is 6.86. The van der Waals surface area contributed by atoms with E-state index in [-0.39, 0.29) is 18.6 Å². The van der Waals surface area contributed by atoms with Crippen molar-refractivity contribution in [2.24, 2.45) is 0 Å². The van der Waals surface area contributed by atoms with Gasteiger partial charge in [-0.25, -0.2) is 4.79 Å². The number of benzene rings is 1. The SMILES string of the molecule is Cc1scc(C(=O)NC(C)c2ccc(OCC(=O)O)cc2)c1C. The van der Waals surface area contributed by atoms with Gasteiger partial charge in [-0.1, -0.05) is 12.1 Å². The van der Waals surface area contributed by atoms with E-state index in [0.29, 0.717) is 11.3 Å². The number of aryl methyl sites for hydroxylation is 1. The van der Waals surface area contributed by atoms with Gasteiger partial charge < -0.3 is 15.2 Å². The van der Waals surface area contributed by atoms with Crippen molar-refractivity contribution < 1.29 is 19.4 Å². The molecule has 2 N–H and O–H groups in total. The predicted octanol–water partition coefficient (Wildman–Crippen LogP) is 3.32. The molecule has 1 amide bonds. The maximum absolute atomic E-state index is 12.3. The molecule has 6 heteroatoms. The van der Waals surface area contributed by atoms with Crippen molar-refractivity contribution >= 4 is 23.2 Å². The molecule has 1 aromatic heterocycles. The Bertz CT molecular complexity index is 706. The van der Waals surface area contributed by atoms with Gasteiger partial charge >= 0.3 is 5.97 Å². The third kappa shape index (κ3) is 4.32. The fourth-order valence-electron chi connectivity index (χ4n) is 2.09. The number of aliphatic carboxylic acids is 1. The zero-order chi connectivity index (χ0) is 17.0. The van der Waals surface area contributed by atoms with E-state index in [1.54, 1.807) is 23.5 Å². The molecule has 0 aliphatic carbocycles. The monoisotopic (exact) mass is 333 g/mol. The second-order valence-electron chi connectivity index (χ2n) is 5.28. The van der Waals surface area contributed by atoms with Gasteiger partial charge in [0.1, 0.15) is 5.75 Å². The smallest absolute Gasteiger partial charge is 0.341 e. The average molecular weight is 333 g/mol. The van der Waals surface area contributed by atoms with Crippen molar-refractivity contribution in [1.29, 1.82) is 0 Å². The summed E-state index contributed by atoms with van der Waals surface area (Å²) < 4.78 is 5.09. The molecule has 0 bridgehead atoms. The van der Waals surface area contributed by atoms with Crippen LogP contribution in [0.2, 0.25) is 0 Å². The standard InChI is InChI=1S/C17H19NO4S/c1-10-12(3)23-9-15(10)17(21)18-11(2)13-4-6-14(7-5-13)22-8-16(19)20/h4-7,9,11H,8H2,1-3H3,(H,18,21)(H,19,20). The van der Waals surface area contributed by atoms with Gasteiger partial charge in [-0.2, -0.15) is 0 Å². The van der Waals surface area contributed by atoms with Crippen LogP contribution in [0.25, 0.3) is 0 Å². The zero-order valence-electron chi connectivity index (χ0n) is 13.3. The number of rotatable bonds is 6. The van der Waals surface area contributed by atoms with Crippen molar-refractivity contribution in [2.75, 3.05) is 6.61 Å². The van der Waals surface area contributed by atoms with Gasteiger partial charge in [0.15, 0.2) is 6.61 Å². The summed E-state index contributed by atoms with van der Waals surface area (Å²) in [5.41, 5.74) is 2.64. The number of amides is 1. The molecule has 2 aromatic rings. The lowest BCUT2D eigenvalue weighted by atomic mass is 10.1. The molecule has 2 rings (SSSR count). The average Bonchev–Trinajstić information content (AvgIpc) is 2.85. The van der Waals surface area contributed by atoms with Gasteiger partial charge in [0, 0.05) is 10.3 Å². The van der Waals surface area contributed by atoms with E-state index in [1.165, 1.54) is 0 Å². The Labute approximate surface area is 138 Å². The van der Waals surface area contributed by atoms with Gasteiger partial charge in [-0.3, -0.25) is 4.79 Å². The number of hydrogen-bond acceptors (Lipinski definition) is 4. The van der Waals surface area contributed by atoms with E-state index < -0.39 is 5.97 Å². The predicted molar refractivity (Wildman–Crippen MR) is 89.2 cm³/mol. The van der Waals surface area contributed by atoms with E-state index in [4.69, 9.17) is 9.84 Å². The van der Waals surface area contributed by atoms with Crippen LogP contribution in [0.4, 0.5) is 0 Å². The summed E-state index contributed by atoms with van der Waals surface area (Å²) >= 11 is 1.57. The fraction of sp³-hybridized carbons (Fsp3) is 0.294. The Balaban J connectivity index is 2.00. The molecule has 5 nitrogen and oxygen atoms in total. The molecule has 122 valence electrons. The third-order valence-electron chi connectivity index (χ3n) is 3.62. The number of ether oxygens (including phenoxy) is 1. The molecular weight excluding hydrogens is 314 g/mol. The number of carbonyl (C=O) groups excluding carboxylic acids is 1. The number of hydrogen-bond donors (Lipinski definition) is 2. The van der Waals surface area contributed by atoms with Crippen LogP contribution in [0.5, 0.6) is 5.75 Å². The maximum atomic E-state index is 12.3. The number of carboxylic acid groups (broad SMARTS) is 1. The van der Waals surface area contributed by atoms with Crippen LogP contribution in [0.15, 0.2) is 29.6 Å². The second-order valence-corrected chi connectivity index (χ2v) is 6.36. The van der Waals surface area contributed by atoms with Crippen molar-refractivity contribution in [1.82, 2.24) is 5.32 Å². The highest BCUT2D eigenvalue weighted by molar-refractivity contribution is 7.10. The molecule has 0 saturated carbocycles. The number of thiophene rings is 1. The molecule has 0 aliphatic rings. The Morgan fingerprint density at radius 3 is 2.43 bits per heavy atom. The van der Waals surface area contributed by atoms with Crippen LogP contribution in [0.3, 0.4) is 0 Å². The Hall–Kier alpha value is -2.34. The summed E-state index contributed by atoms with van der Waals surface area (Å²) in [7, 11) is 0. The van der Waals surface area contributed by atoms with Gasteiger partial charge in [0.25, 0.3) is 5.91 Å². The molecule has 1 aromatic carbocycles. The number of nitrogens with one attached hydrogen (secondary N) is 1. The second kappa shape index (κ2) is 7.28. The van der Waals surface area contributed by atoms with Crippen LogP contribution < -0.4 is 10.1 Å². The molecule has 0 radical (unpaired) electrons. The maximum Gasteiger partial charge on any atom is 0.341 e. The molecule has 0 aliphatic heterocycles. The molecule has 1 heterocycles. The van der Waals surface area contributed by atoms with Crippen LogP contribution in [0, 0.1) is 13.8 Å². The molecule has 1 unspecified atom stereocenters. The lowest BCUT2D eigenvalue weighted by Crippen LogP contribution is -2.26. The topological polar surface area (TPSA) is 75.6 Å². The Kier molecular flexibility index (Phi) is 5.39. The number of carbonyl (C=O) groups is 2. The summed E-state index contributed by atoms with van der Waals surface area (Å²) in [6.45, 7) is 5.47. The van der Waals surface area contributed by atoms with Crippen molar-refractivity contribution in [3.8, 4) is 5.75 Å². The van der Waals surface area contributed by atoms with E-state index in [0.717, 1.165) is 16.0 Å². The summed E-state index contributed by atoms with van der Waals surface area (Å²) in [6.07, 6.45) is 0. The van der Waals surface area contributed by atoms with E-state index in [2.05, 4.69) is 5.32 Å². The first-order chi connectivity index (χ1) is 10.9.